The minimum Gasteiger partial charge on any atom is -0.393 e. The summed E-state index contributed by atoms with van der Waals surface area (Å²) in [5.74, 6) is 0.0472. The Morgan fingerprint density at radius 2 is 1.80 bits per heavy atom. The van der Waals surface area contributed by atoms with E-state index >= 15 is 0 Å². The van der Waals surface area contributed by atoms with E-state index < -0.39 is 12.2 Å². The van der Waals surface area contributed by atoms with E-state index in [0.29, 0.717) is 13.0 Å². The largest absolute Gasteiger partial charge is 0.393 e. The van der Waals surface area contributed by atoms with Crippen LogP contribution in [-0.2, 0) is 9.53 Å². The van der Waals surface area contributed by atoms with Crippen molar-refractivity contribution >= 4 is 5.91 Å². The normalized spacial score (nSPS) is 19.6. The Morgan fingerprint density at radius 1 is 1.16 bits per heavy atom. The second-order valence-electron chi connectivity index (χ2n) is 7.33. The molecule has 140 valence electrons. The first-order valence-corrected chi connectivity index (χ1v) is 9.72. The number of carbonyl (C=O) groups is 1. The van der Waals surface area contributed by atoms with Crippen molar-refractivity contribution in [2.24, 2.45) is 0 Å². The predicted molar refractivity (Wildman–Crippen MR) is 101 cm³/mol. The Bertz CT molecular complexity index is 495. The molecule has 0 saturated heterocycles. The van der Waals surface area contributed by atoms with Crippen LogP contribution in [0.25, 0.3) is 0 Å². The number of rotatable bonds is 8. The third-order valence-corrected chi connectivity index (χ3v) is 4.99. The molecule has 1 fully saturated rings. The van der Waals surface area contributed by atoms with Crippen molar-refractivity contribution in [3.05, 3.63) is 35.9 Å². The second kappa shape index (κ2) is 10.6. The molecule has 2 N–H and O–H groups in total. The molecule has 0 aromatic heterocycles. The molecule has 4 heteroatoms. The van der Waals surface area contributed by atoms with Gasteiger partial charge in [0.1, 0.15) is 6.10 Å². The Balaban J connectivity index is 1.84. The van der Waals surface area contributed by atoms with E-state index in [2.05, 4.69) is 5.32 Å². The highest BCUT2D eigenvalue weighted by molar-refractivity contribution is 5.80. The minimum atomic E-state index is -0.425. The summed E-state index contributed by atoms with van der Waals surface area (Å²) in [6.45, 7) is 4.15. The maximum absolute atomic E-state index is 12.4. The van der Waals surface area contributed by atoms with E-state index in [1.807, 2.05) is 37.3 Å². The van der Waals surface area contributed by atoms with Crippen molar-refractivity contribution in [1.82, 2.24) is 5.32 Å². The number of aliphatic hydroxyl groups is 1. The molecule has 3 atom stereocenters. The molecule has 0 spiro atoms. The zero-order chi connectivity index (χ0) is 18.1. The van der Waals surface area contributed by atoms with Crippen LogP contribution in [0.15, 0.2) is 30.3 Å². The van der Waals surface area contributed by atoms with Crippen LogP contribution in [0.2, 0.25) is 0 Å². The van der Waals surface area contributed by atoms with Crippen LogP contribution in [0.5, 0.6) is 0 Å². The molecule has 25 heavy (non-hydrogen) atoms. The lowest BCUT2D eigenvalue weighted by Crippen LogP contribution is -2.39. The summed E-state index contributed by atoms with van der Waals surface area (Å²) in [5, 5.41) is 12.8. The summed E-state index contributed by atoms with van der Waals surface area (Å²) in [5.41, 5.74) is 1.14. The van der Waals surface area contributed by atoms with Crippen molar-refractivity contribution in [3.8, 4) is 0 Å². The van der Waals surface area contributed by atoms with Gasteiger partial charge in [-0.1, -0.05) is 56.0 Å². The number of nitrogens with one attached hydrogen (secondary N) is 1. The van der Waals surface area contributed by atoms with Gasteiger partial charge in [0.25, 0.3) is 0 Å². The molecule has 1 aromatic rings. The van der Waals surface area contributed by atoms with Crippen LogP contribution in [-0.4, -0.2) is 35.9 Å². The molecule has 1 aromatic carbocycles. The van der Waals surface area contributed by atoms with Crippen molar-refractivity contribution < 1.29 is 14.6 Å². The highest BCUT2D eigenvalue weighted by Crippen LogP contribution is 2.22. The number of aliphatic hydroxyl groups excluding tert-OH is 1. The van der Waals surface area contributed by atoms with Gasteiger partial charge in [0.2, 0.25) is 5.91 Å². The fourth-order valence-corrected chi connectivity index (χ4v) is 3.57. The van der Waals surface area contributed by atoms with Crippen molar-refractivity contribution in [2.75, 3.05) is 6.54 Å². The summed E-state index contributed by atoms with van der Waals surface area (Å²) >= 11 is 0. The van der Waals surface area contributed by atoms with Gasteiger partial charge >= 0.3 is 0 Å². The lowest BCUT2D eigenvalue weighted by molar-refractivity contribution is -0.135. The highest BCUT2D eigenvalue weighted by Gasteiger charge is 2.22. The maximum atomic E-state index is 12.4. The van der Waals surface area contributed by atoms with Gasteiger partial charge < -0.3 is 15.2 Å². The zero-order valence-corrected chi connectivity index (χ0v) is 15.6. The zero-order valence-electron chi connectivity index (χ0n) is 15.6. The number of carbonyl (C=O) groups excluding carboxylic acids is 1. The first-order valence-electron chi connectivity index (χ1n) is 9.72. The monoisotopic (exact) mass is 347 g/mol. The van der Waals surface area contributed by atoms with Gasteiger partial charge in [-0.25, -0.2) is 0 Å². The average molecular weight is 347 g/mol. The fourth-order valence-electron chi connectivity index (χ4n) is 3.57. The molecule has 0 bridgehead atoms. The Morgan fingerprint density at radius 3 is 2.40 bits per heavy atom. The Labute approximate surface area is 152 Å². The van der Waals surface area contributed by atoms with Gasteiger partial charge in [-0.15, -0.1) is 0 Å². The summed E-state index contributed by atoms with van der Waals surface area (Å²) in [6, 6.07) is 10.0. The fraction of sp³-hybridized carbons (Fsp3) is 0.667. The lowest BCUT2D eigenvalue weighted by Gasteiger charge is -2.23. The van der Waals surface area contributed by atoms with E-state index in [-0.39, 0.29) is 17.9 Å². The maximum Gasteiger partial charge on any atom is 0.248 e. The number of ether oxygens (including phenoxy) is 1. The van der Waals surface area contributed by atoms with Crippen molar-refractivity contribution in [3.63, 3.8) is 0 Å². The molecule has 1 aliphatic rings. The molecule has 0 aliphatic heterocycles. The molecule has 1 saturated carbocycles. The van der Waals surface area contributed by atoms with E-state index in [0.717, 1.165) is 18.4 Å². The Kier molecular flexibility index (Phi) is 8.42. The molecular formula is C21H33NO3. The highest BCUT2D eigenvalue weighted by atomic mass is 16.5. The van der Waals surface area contributed by atoms with E-state index in [1.54, 1.807) is 6.92 Å². The van der Waals surface area contributed by atoms with Gasteiger partial charge in [0.15, 0.2) is 0 Å². The van der Waals surface area contributed by atoms with Crippen molar-refractivity contribution in [2.45, 2.75) is 83.0 Å². The lowest BCUT2D eigenvalue weighted by atomic mass is 9.93. The third kappa shape index (κ3) is 7.17. The number of benzene rings is 1. The number of hydrogen-bond donors (Lipinski definition) is 2. The molecule has 1 amide bonds. The van der Waals surface area contributed by atoms with E-state index in [4.69, 9.17) is 4.74 Å². The standard InChI is InChI=1S/C21H33NO3/c1-16(23)14-19(18-10-6-5-7-11-18)15-22-21(24)17(2)25-20-12-8-3-4-9-13-20/h5-7,10-11,16-17,19-20,23H,3-4,8-9,12-15H2,1-2H3,(H,22,24). The number of amides is 1. The predicted octanol–water partition coefficient (Wildman–Crippen LogP) is 3.79. The molecule has 3 unspecified atom stereocenters. The van der Waals surface area contributed by atoms with Crippen LogP contribution in [0, 0.1) is 0 Å². The van der Waals surface area contributed by atoms with Crippen molar-refractivity contribution in [1.29, 1.82) is 0 Å². The van der Waals surface area contributed by atoms with Gasteiger partial charge in [-0.3, -0.25) is 4.79 Å². The topological polar surface area (TPSA) is 58.6 Å². The molecule has 2 rings (SSSR count). The third-order valence-electron chi connectivity index (χ3n) is 4.99. The van der Waals surface area contributed by atoms with E-state index in [1.165, 1.54) is 25.7 Å². The first-order chi connectivity index (χ1) is 12.1. The van der Waals surface area contributed by atoms with Gasteiger partial charge in [0, 0.05) is 12.5 Å². The summed E-state index contributed by atoms with van der Waals surface area (Å²) in [6.07, 6.45) is 7.09. The molecular weight excluding hydrogens is 314 g/mol. The quantitative estimate of drug-likeness (QED) is 0.704. The summed E-state index contributed by atoms with van der Waals surface area (Å²) < 4.78 is 5.99. The van der Waals surface area contributed by atoms with Crippen LogP contribution in [0.4, 0.5) is 0 Å². The number of hydrogen-bond acceptors (Lipinski definition) is 3. The molecule has 4 nitrogen and oxygen atoms in total. The molecule has 1 aliphatic carbocycles. The smallest absolute Gasteiger partial charge is 0.248 e. The van der Waals surface area contributed by atoms with Crippen LogP contribution >= 0.6 is 0 Å². The van der Waals surface area contributed by atoms with Gasteiger partial charge in [0.05, 0.1) is 12.2 Å². The molecule has 0 heterocycles. The van der Waals surface area contributed by atoms with E-state index in [9.17, 15) is 9.90 Å². The van der Waals surface area contributed by atoms with Crippen LogP contribution < -0.4 is 5.32 Å². The SMILES string of the molecule is CC(O)CC(CNC(=O)C(C)OC1CCCCCC1)c1ccccc1. The first kappa shape index (κ1) is 19.9. The molecule has 0 radical (unpaired) electrons. The Hall–Kier alpha value is -1.39. The van der Waals surface area contributed by atoms with Gasteiger partial charge in [-0.05, 0) is 38.7 Å². The average Bonchev–Trinajstić information content (AvgIpc) is 2.87. The van der Waals surface area contributed by atoms with Gasteiger partial charge in [-0.2, -0.15) is 0 Å². The second-order valence-corrected chi connectivity index (χ2v) is 7.33. The summed E-state index contributed by atoms with van der Waals surface area (Å²) in [4.78, 5) is 12.4. The van der Waals surface area contributed by atoms with Crippen LogP contribution in [0.3, 0.4) is 0 Å². The van der Waals surface area contributed by atoms with Crippen LogP contribution in [0.1, 0.15) is 70.3 Å². The summed E-state index contributed by atoms with van der Waals surface area (Å²) in [7, 11) is 0. The minimum absolute atomic E-state index is 0.0595.